The fourth-order valence-electron chi connectivity index (χ4n) is 2.32. The molecule has 0 atom stereocenters. The zero-order chi connectivity index (χ0) is 16.3. The third-order valence-corrected chi connectivity index (χ3v) is 3.82. The molecule has 0 heterocycles. The number of ether oxygens (including phenoxy) is 2. The molecular formula is C16H23ClN2O3. The second-order valence-corrected chi connectivity index (χ2v) is 6.30. The number of anilines is 1. The van der Waals surface area contributed by atoms with Gasteiger partial charge in [0.05, 0.1) is 24.9 Å². The van der Waals surface area contributed by atoms with E-state index in [1.807, 2.05) is 4.90 Å². The number of nitrogens with zero attached hydrogens (tertiary/aromatic N) is 1. The fourth-order valence-corrected chi connectivity index (χ4v) is 2.55. The van der Waals surface area contributed by atoms with Crippen LogP contribution < -0.4 is 14.8 Å². The lowest BCUT2D eigenvalue weighted by Gasteiger charge is -2.25. The molecule has 6 heteroatoms. The van der Waals surface area contributed by atoms with E-state index in [1.54, 1.807) is 19.2 Å². The molecule has 1 aromatic carbocycles. The van der Waals surface area contributed by atoms with E-state index in [0.29, 0.717) is 34.2 Å². The summed E-state index contributed by atoms with van der Waals surface area (Å²) < 4.78 is 10.5. The highest BCUT2D eigenvalue weighted by Gasteiger charge is 2.33. The van der Waals surface area contributed by atoms with E-state index in [4.69, 9.17) is 21.1 Å². The predicted octanol–water partition coefficient (Wildman–Crippen LogP) is 4.01. The monoisotopic (exact) mass is 326 g/mol. The number of urea groups is 1. The molecule has 1 saturated carbocycles. The number of methoxy groups -OCH3 is 2. The molecule has 1 aliphatic carbocycles. The number of nitrogens with one attached hydrogen (secondary N) is 1. The Hall–Kier alpha value is -1.62. The van der Waals surface area contributed by atoms with Gasteiger partial charge in [0.1, 0.15) is 11.5 Å². The number of hydrogen-bond acceptors (Lipinski definition) is 3. The Morgan fingerprint density at radius 3 is 2.45 bits per heavy atom. The van der Waals surface area contributed by atoms with Crippen molar-refractivity contribution in [1.29, 1.82) is 0 Å². The van der Waals surface area contributed by atoms with Crippen molar-refractivity contribution in [2.75, 3.05) is 26.1 Å². The maximum absolute atomic E-state index is 12.6. The molecule has 1 aromatic rings. The second-order valence-electron chi connectivity index (χ2n) is 5.89. The van der Waals surface area contributed by atoms with Crippen molar-refractivity contribution in [1.82, 2.24) is 4.90 Å². The molecule has 0 spiro atoms. The Labute approximate surface area is 136 Å². The maximum Gasteiger partial charge on any atom is 0.322 e. The standard InChI is InChI=1S/C16H23ClN2O3/c1-10(2)9-19(11-5-6-11)16(20)18-13-8-14(21-3)12(17)7-15(13)22-4/h7-8,10-11H,5-6,9H2,1-4H3,(H,18,20). The molecule has 0 bridgehead atoms. The number of carbonyl (C=O) groups is 1. The first-order chi connectivity index (χ1) is 10.5. The van der Waals surface area contributed by atoms with E-state index < -0.39 is 0 Å². The lowest BCUT2D eigenvalue weighted by atomic mass is 10.2. The quantitative estimate of drug-likeness (QED) is 0.859. The lowest BCUT2D eigenvalue weighted by Crippen LogP contribution is -2.39. The number of halogens is 1. The number of carbonyl (C=O) groups excluding carboxylic acids is 1. The minimum atomic E-state index is -0.112. The average molecular weight is 327 g/mol. The van der Waals surface area contributed by atoms with Crippen LogP contribution in [0.4, 0.5) is 10.5 Å². The summed E-state index contributed by atoms with van der Waals surface area (Å²) in [5, 5.41) is 3.36. The third-order valence-electron chi connectivity index (χ3n) is 3.53. The smallest absolute Gasteiger partial charge is 0.322 e. The van der Waals surface area contributed by atoms with Crippen LogP contribution in [0.25, 0.3) is 0 Å². The van der Waals surface area contributed by atoms with Crippen LogP contribution in [0.1, 0.15) is 26.7 Å². The van der Waals surface area contributed by atoms with Crippen LogP contribution in [-0.4, -0.2) is 37.7 Å². The Morgan fingerprint density at radius 1 is 1.32 bits per heavy atom. The van der Waals surface area contributed by atoms with Crippen molar-refractivity contribution < 1.29 is 14.3 Å². The van der Waals surface area contributed by atoms with Crippen molar-refractivity contribution in [2.24, 2.45) is 5.92 Å². The second kappa shape index (κ2) is 7.09. The molecule has 1 N–H and O–H groups in total. The van der Waals surface area contributed by atoms with Crippen molar-refractivity contribution in [3.05, 3.63) is 17.2 Å². The molecule has 2 rings (SSSR count). The van der Waals surface area contributed by atoms with Crippen LogP contribution in [0.3, 0.4) is 0 Å². The molecule has 1 aliphatic rings. The van der Waals surface area contributed by atoms with Crippen molar-refractivity contribution >= 4 is 23.3 Å². The summed E-state index contributed by atoms with van der Waals surface area (Å²) >= 11 is 6.08. The molecule has 5 nitrogen and oxygen atoms in total. The number of benzene rings is 1. The van der Waals surface area contributed by atoms with Crippen LogP contribution in [0, 0.1) is 5.92 Å². The van der Waals surface area contributed by atoms with Crippen molar-refractivity contribution in [2.45, 2.75) is 32.7 Å². The van der Waals surface area contributed by atoms with Crippen LogP contribution in [-0.2, 0) is 0 Å². The van der Waals surface area contributed by atoms with Gasteiger partial charge in [-0.3, -0.25) is 0 Å². The molecule has 2 amide bonds. The van der Waals surface area contributed by atoms with Crippen LogP contribution in [0.2, 0.25) is 5.02 Å². The first-order valence-corrected chi connectivity index (χ1v) is 7.83. The molecule has 0 unspecified atom stereocenters. The van der Waals surface area contributed by atoms with Gasteiger partial charge < -0.3 is 19.7 Å². The van der Waals surface area contributed by atoms with Crippen molar-refractivity contribution in [3.8, 4) is 11.5 Å². The van der Waals surface area contributed by atoms with E-state index >= 15 is 0 Å². The van der Waals surface area contributed by atoms with E-state index in [1.165, 1.54) is 7.11 Å². The Balaban J connectivity index is 2.19. The first kappa shape index (κ1) is 16.7. The summed E-state index contributed by atoms with van der Waals surface area (Å²) in [7, 11) is 3.08. The normalized spacial score (nSPS) is 13.9. The van der Waals surface area contributed by atoms with Gasteiger partial charge >= 0.3 is 6.03 Å². The van der Waals surface area contributed by atoms with Gasteiger partial charge in [-0.2, -0.15) is 0 Å². The van der Waals surface area contributed by atoms with E-state index in [0.717, 1.165) is 19.4 Å². The summed E-state index contributed by atoms with van der Waals surface area (Å²) in [6, 6.07) is 3.56. The lowest BCUT2D eigenvalue weighted by molar-refractivity contribution is 0.201. The number of rotatable bonds is 6. The Bertz CT molecular complexity index is 544. The summed E-state index contributed by atoms with van der Waals surface area (Å²) in [6.45, 7) is 4.95. The van der Waals surface area contributed by atoms with Crippen LogP contribution >= 0.6 is 11.6 Å². The highest BCUT2D eigenvalue weighted by atomic mass is 35.5. The number of hydrogen-bond donors (Lipinski definition) is 1. The molecule has 0 radical (unpaired) electrons. The van der Waals surface area contributed by atoms with Gasteiger partial charge in [0.2, 0.25) is 0 Å². The molecule has 22 heavy (non-hydrogen) atoms. The van der Waals surface area contributed by atoms with Gasteiger partial charge in [0.15, 0.2) is 0 Å². The highest BCUT2D eigenvalue weighted by Crippen LogP contribution is 2.36. The minimum absolute atomic E-state index is 0.112. The van der Waals surface area contributed by atoms with Gasteiger partial charge in [-0.05, 0) is 18.8 Å². The SMILES string of the molecule is COc1cc(NC(=O)N(CC(C)C)C2CC2)c(OC)cc1Cl. The van der Waals surface area contributed by atoms with E-state index in [9.17, 15) is 4.79 Å². The van der Waals surface area contributed by atoms with Crippen LogP contribution in [0.15, 0.2) is 12.1 Å². The summed E-state index contributed by atoms with van der Waals surface area (Å²) in [5.41, 5.74) is 0.558. The van der Waals surface area contributed by atoms with E-state index in [-0.39, 0.29) is 6.03 Å². The maximum atomic E-state index is 12.6. The van der Waals surface area contributed by atoms with Crippen molar-refractivity contribution in [3.63, 3.8) is 0 Å². The molecule has 0 saturated heterocycles. The minimum Gasteiger partial charge on any atom is -0.495 e. The molecular weight excluding hydrogens is 304 g/mol. The van der Waals surface area contributed by atoms with E-state index in [2.05, 4.69) is 19.2 Å². The largest absolute Gasteiger partial charge is 0.495 e. The molecule has 122 valence electrons. The van der Waals surface area contributed by atoms with Gasteiger partial charge in [-0.15, -0.1) is 0 Å². The highest BCUT2D eigenvalue weighted by molar-refractivity contribution is 6.32. The topological polar surface area (TPSA) is 50.8 Å². The Kier molecular flexibility index (Phi) is 5.40. The van der Waals surface area contributed by atoms with Gasteiger partial charge in [0.25, 0.3) is 0 Å². The van der Waals surface area contributed by atoms with Gasteiger partial charge in [0, 0.05) is 24.7 Å². The molecule has 0 aromatic heterocycles. The van der Waals surface area contributed by atoms with Gasteiger partial charge in [-0.25, -0.2) is 4.79 Å². The average Bonchev–Trinajstić information content (AvgIpc) is 3.30. The zero-order valence-electron chi connectivity index (χ0n) is 13.5. The zero-order valence-corrected chi connectivity index (χ0v) is 14.2. The molecule has 1 fully saturated rings. The summed E-state index contributed by atoms with van der Waals surface area (Å²) in [6.07, 6.45) is 2.14. The van der Waals surface area contributed by atoms with Gasteiger partial charge in [-0.1, -0.05) is 25.4 Å². The number of amides is 2. The Morgan fingerprint density at radius 2 is 1.95 bits per heavy atom. The first-order valence-electron chi connectivity index (χ1n) is 7.45. The fraction of sp³-hybridized carbons (Fsp3) is 0.562. The van der Waals surface area contributed by atoms with Crippen LogP contribution in [0.5, 0.6) is 11.5 Å². The summed E-state index contributed by atoms with van der Waals surface area (Å²) in [5.74, 6) is 1.44. The third kappa shape index (κ3) is 3.97. The molecule has 0 aliphatic heterocycles. The predicted molar refractivity (Wildman–Crippen MR) is 88.1 cm³/mol. The summed E-state index contributed by atoms with van der Waals surface area (Å²) in [4.78, 5) is 14.5.